The first-order chi connectivity index (χ1) is 20.1. The highest BCUT2D eigenvalue weighted by molar-refractivity contribution is 5.22. The van der Waals surface area contributed by atoms with E-state index in [0.29, 0.717) is 0 Å². The third-order valence-corrected chi connectivity index (χ3v) is 9.72. The van der Waals surface area contributed by atoms with Crippen LogP contribution in [0.15, 0.2) is 71.8 Å². The van der Waals surface area contributed by atoms with Crippen molar-refractivity contribution in [3.05, 3.63) is 94.1 Å². The molecule has 0 heterocycles. The van der Waals surface area contributed by atoms with Crippen LogP contribution >= 0.6 is 0 Å². The third-order valence-electron chi connectivity index (χ3n) is 9.72. The average molecular weight is 555 g/mol. The van der Waals surface area contributed by atoms with Gasteiger partial charge in [-0.15, -0.1) is 0 Å². The van der Waals surface area contributed by atoms with Gasteiger partial charge in [-0.1, -0.05) is 95.8 Å². The van der Waals surface area contributed by atoms with Crippen LogP contribution in [0.3, 0.4) is 0 Å². The second-order valence-corrected chi connectivity index (χ2v) is 13.3. The van der Waals surface area contributed by atoms with Gasteiger partial charge in [0, 0.05) is 13.2 Å². The quantitative estimate of drug-likeness (QED) is 0.131. The highest BCUT2D eigenvalue weighted by atomic mass is 16.5. The molecule has 0 bridgehead atoms. The lowest BCUT2D eigenvalue weighted by Crippen LogP contribution is -2.07. The van der Waals surface area contributed by atoms with Gasteiger partial charge in [0.25, 0.3) is 0 Å². The van der Waals surface area contributed by atoms with E-state index in [2.05, 4.69) is 74.5 Å². The maximum Gasteiger partial charge on any atom is 0.0466 e. The van der Waals surface area contributed by atoms with Crippen molar-refractivity contribution in [3.63, 3.8) is 0 Å². The van der Waals surface area contributed by atoms with E-state index in [4.69, 9.17) is 4.74 Å². The Hall–Kier alpha value is -2.12. The Morgan fingerprint density at radius 1 is 0.537 bits per heavy atom. The van der Waals surface area contributed by atoms with E-state index >= 15 is 0 Å². The summed E-state index contributed by atoms with van der Waals surface area (Å²) in [6, 6.07) is 18.2. The van der Waals surface area contributed by atoms with Gasteiger partial charge < -0.3 is 4.74 Å². The number of ether oxygens (including phenoxy) is 1. The number of hydrogen-bond acceptors (Lipinski definition) is 1. The Kier molecular flexibility index (Phi) is 14.3. The minimum atomic E-state index is 0.889. The molecule has 41 heavy (non-hydrogen) atoms. The second kappa shape index (κ2) is 18.4. The Morgan fingerprint density at radius 3 is 1.37 bits per heavy atom. The summed E-state index contributed by atoms with van der Waals surface area (Å²) in [5.74, 6) is 1.78. The highest BCUT2D eigenvalue weighted by Gasteiger charge is 2.15. The second-order valence-electron chi connectivity index (χ2n) is 13.3. The van der Waals surface area contributed by atoms with Crippen LogP contribution in [-0.4, -0.2) is 13.2 Å². The molecule has 1 heteroatoms. The molecule has 0 saturated carbocycles. The Labute approximate surface area is 252 Å². The van der Waals surface area contributed by atoms with Gasteiger partial charge in [0.15, 0.2) is 0 Å². The van der Waals surface area contributed by atoms with Gasteiger partial charge in [-0.3, -0.25) is 0 Å². The predicted molar refractivity (Wildman–Crippen MR) is 178 cm³/mol. The lowest BCUT2D eigenvalue weighted by molar-refractivity contribution is 0.126. The summed E-state index contributed by atoms with van der Waals surface area (Å²) >= 11 is 0. The topological polar surface area (TPSA) is 9.23 Å². The molecule has 0 N–H and O–H groups in total. The van der Waals surface area contributed by atoms with E-state index in [0.717, 1.165) is 25.0 Å². The molecule has 0 aliphatic heterocycles. The Morgan fingerprint density at radius 2 is 0.976 bits per heavy atom. The van der Waals surface area contributed by atoms with E-state index in [-0.39, 0.29) is 0 Å². The molecule has 224 valence electrons. The maximum absolute atomic E-state index is 5.96. The summed E-state index contributed by atoms with van der Waals surface area (Å²) in [5, 5.41) is 0. The molecular weight excluding hydrogens is 496 g/mol. The number of hydrogen-bond donors (Lipinski definition) is 0. The molecule has 2 unspecified atom stereocenters. The summed E-state index contributed by atoms with van der Waals surface area (Å²) in [6.45, 7) is 6.25. The van der Waals surface area contributed by atoms with Crippen molar-refractivity contribution in [1.29, 1.82) is 0 Å². The van der Waals surface area contributed by atoms with E-state index in [1.165, 1.54) is 138 Å². The fourth-order valence-electron chi connectivity index (χ4n) is 6.68. The molecule has 2 aliphatic carbocycles. The van der Waals surface area contributed by atoms with Crippen molar-refractivity contribution in [3.8, 4) is 0 Å². The number of aryl methyl sites for hydroxylation is 4. The first-order valence-corrected chi connectivity index (χ1v) is 17.2. The van der Waals surface area contributed by atoms with Crippen LogP contribution in [0.5, 0.6) is 0 Å². The van der Waals surface area contributed by atoms with Crippen molar-refractivity contribution < 1.29 is 4.74 Å². The minimum absolute atomic E-state index is 0.889. The molecule has 4 rings (SSSR count). The minimum Gasteiger partial charge on any atom is -0.381 e. The van der Waals surface area contributed by atoms with E-state index in [9.17, 15) is 0 Å². The largest absolute Gasteiger partial charge is 0.381 e. The third kappa shape index (κ3) is 12.7. The van der Waals surface area contributed by atoms with Crippen LogP contribution in [-0.2, 0) is 17.6 Å². The van der Waals surface area contributed by atoms with Crippen LogP contribution < -0.4 is 0 Å². The highest BCUT2D eigenvalue weighted by Crippen LogP contribution is 2.31. The van der Waals surface area contributed by atoms with Crippen molar-refractivity contribution in [1.82, 2.24) is 0 Å². The average Bonchev–Trinajstić information content (AvgIpc) is 3.00. The molecule has 0 spiro atoms. The van der Waals surface area contributed by atoms with Crippen LogP contribution in [0.2, 0.25) is 0 Å². The van der Waals surface area contributed by atoms with Gasteiger partial charge in [-0.2, -0.15) is 0 Å². The molecule has 2 aliphatic rings. The fourth-order valence-corrected chi connectivity index (χ4v) is 6.68. The SMILES string of the molecule is Cc1ccc(CCC2CC=C(CCCCCOCCCCCC3=CCC(CCc4ccc(C)cc4)CC3)CC2)cc1. The zero-order valence-electron chi connectivity index (χ0n) is 26.5. The Balaban J connectivity index is 0.921. The van der Waals surface area contributed by atoms with Crippen LogP contribution in [0.1, 0.15) is 125 Å². The summed E-state index contributed by atoms with van der Waals surface area (Å²) in [7, 11) is 0. The normalized spacial score (nSPS) is 19.2. The van der Waals surface area contributed by atoms with Crippen molar-refractivity contribution in [2.45, 2.75) is 129 Å². The number of benzene rings is 2. The zero-order valence-corrected chi connectivity index (χ0v) is 26.5. The molecule has 0 radical (unpaired) electrons. The summed E-state index contributed by atoms with van der Waals surface area (Å²) in [4.78, 5) is 0. The van der Waals surface area contributed by atoms with E-state index < -0.39 is 0 Å². The molecule has 1 nitrogen and oxygen atoms in total. The van der Waals surface area contributed by atoms with E-state index in [1.54, 1.807) is 11.1 Å². The number of unbranched alkanes of at least 4 members (excludes halogenated alkanes) is 4. The predicted octanol–water partition coefficient (Wildman–Crippen LogP) is 11.5. The molecule has 2 aromatic rings. The van der Waals surface area contributed by atoms with Gasteiger partial charge in [0.05, 0.1) is 0 Å². The van der Waals surface area contributed by atoms with Crippen molar-refractivity contribution in [2.24, 2.45) is 11.8 Å². The van der Waals surface area contributed by atoms with E-state index in [1.807, 2.05) is 0 Å². The van der Waals surface area contributed by atoms with Crippen LogP contribution in [0.25, 0.3) is 0 Å². The molecule has 2 atom stereocenters. The lowest BCUT2D eigenvalue weighted by atomic mass is 9.84. The van der Waals surface area contributed by atoms with Gasteiger partial charge in [0.1, 0.15) is 0 Å². The first kappa shape index (κ1) is 31.8. The van der Waals surface area contributed by atoms with Gasteiger partial charge in [-0.05, 0) is 140 Å². The molecule has 0 aromatic heterocycles. The maximum atomic E-state index is 5.96. The lowest BCUT2D eigenvalue weighted by Gasteiger charge is -2.22. The summed E-state index contributed by atoms with van der Waals surface area (Å²) < 4.78 is 5.96. The summed E-state index contributed by atoms with van der Waals surface area (Å²) in [6.07, 6.45) is 28.8. The fraction of sp³-hybridized carbons (Fsp3) is 0.600. The molecular formula is C40H58O. The monoisotopic (exact) mass is 554 g/mol. The van der Waals surface area contributed by atoms with Crippen molar-refractivity contribution >= 4 is 0 Å². The standard InChI is InChI=1S/C40H58O/c1-33-11-15-37(16-12-33)27-29-39-23-19-35(20-24-39)9-5-3-7-31-41-32-8-4-6-10-36-21-25-40(26-22-36)30-28-38-17-13-34(2)14-18-38/h11-19,21,39-40H,3-10,20,22-32H2,1-2H3. The molecule has 0 saturated heterocycles. The first-order valence-electron chi connectivity index (χ1n) is 17.2. The van der Waals surface area contributed by atoms with Gasteiger partial charge in [0.2, 0.25) is 0 Å². The van der Waals surface area contributed by atoms with Gasteiger partial charge in [-0.25, -0.2) is 0 Å². The summed E-state index contributed by atoms with van der Waals surface area (Å²) in [5.41, 5.74) is 9.18. The smallest absolute Gasteiger partial charge is 0.0466 e. The molecule has 2 aromatic carbocycles. The zero-order chi connectivity index (χ0) is 28.5. The van der Waals surface area contributed by atoms with Gasteiger partial charge >= 0.3 is 0 Å². The number of allylic oxidation sites excluding steroid dienone is 4. The Bertz CT molecular complexity index is 956. The van der Waals surface area contributed by atoms with Crippen LogP contribution in [0, 0.1) is 25.7 Å². The van der Waals surface area contributed by atoms with Crippen molar-refractivity contribution in [2.75, 3.05) is 13.2 Å². The molecule has 0 fully saturated rings. The van der Waals surface area contributed by atoms with Crippen LogP contribution in [0.4, 0.5) is 0 Å². The number of rotatable bonds is 18. The molecule has 0 amide bonds.